The van der Waals surface area contributed by atoms with Gasteiger partial charge in [-0.3, -0.25) is 18.7 Å². The Morgan fingerprint density at radius 1 is 0.851 bits per heavy atom. The van der Waals surface area contributed by atoms with Crippen LogP contribution < -0.4 is 10.6 Å². The van der Waals surface area contributed by atoms with Crippen LogP contribution >= 0.6 is 23.1 Å². The Kier molecular flexibility index (Phi) is 15.4. The topological polar surface area (TPSA) is 209 Å². The normalized spacial score (nSPS) is 16.9. The van der Waals surface area contributed by atoms with Crippen molar-refractivity contribution >= 4 is 68.5 Å². The van der Waals surface area contributed by atoms with E-state index >= 15 is 0 Å². The number of esters is 2. The largest absolute Gasteiger partial charge is 0.457 e. The summed E-state index contributed by atoms with van der Waals surface area (Å²) in [5.74, 6) is -3.45. The number of carbonyl (C=O) groups excluding carboxylic acids is 4. The van der Waals surface area contributed by atoms with E-state index in [1.54, 1.807) is 44.7 Å². The van der Waals surface area contributed by atoms with Crippen LogP contribution in [0.5, 0.6) is 0 Å². The van der Waals surface area contributed by atoms with Crippen molar-refractivity contribution in [3.05, 3.63) is 213 Å². The van der Waals surface area contributed by atoms with Gasteiger partial charge in [-0.1, -0.05) is 169 Å². The minimum absolute atomic E-state index is 0.0377. The summed E-state index contributed by atoms with van der Waals surface area (Å²) >= 11 is 2.34. The van der Waals surface area contributed by atoms with E-state index in [1.165, 1.54) is 16.0 Å². The van der Waals surface area contributed by atoms with Gasteiger partial charge in [0.1, 0.15) is 33.9 Å². The maximum atomic E-state index is 14.7. The molecule has 2 aliphatic rings. The SMILES string of the molecule is Cn1nnnc1SC=CC1=C(C(=O)OC(c2ccccc2)c2ccccc2)N2C(=O)C(NC(=O)C(=NOCC(=O)OC(C)(C)C)c3csc(NC(c4ccccc4)(c4ccccc4)c4ccccc4)n3)C2S(=O)C1. The molecule has 5 aromatic carbocycles. The second-order valence-electron chi connectivity index (χ2n) is 17.9. The van der Waals surface area contributed by atoms with Gasteiger partial charge in [0, 0.05) is 12.4 Å². The molecule has 17 nitrogen and oxygen atoms in total. The maximum absolute atomic E-state index is 14.7. The lowest BCUT2D eigenvalue weighted by Crippen LogP contribution is -2.74. The first-order valence-electron chi connectivity index (χ1n) is 23.2. The summed E-state index contributed by atoms with van der Waals surface area (Å²) in [5.41, 5.74) is 2.02. The van der Waals surface area contributed by atoms with Gasteiger partial charge in [-0.15, -0.1) is 16.4 Å². The van der Waals surface area contributed by atoms with Crippen LogP contribution in [0.3, 0.4) is 0 Å². The lowest BCUT2D eigenvalue weighted by atomic mass is 9.77. The van der Waals surface area contributed by atoms with E-state index in [2.05, 4.69) is 31.3 Å². The summed E-state index contributed by atoms with van der Waals surface area (Å²) in [6.45, 7) is 4.45. The third kappa shape index (κ3) is 11.1. The predicted molar refractivity (Wildman–Crippen MR) is 280 cm³/mol. The van der Waals surface area contributed by atoms with Gasteiger partial charge in [0.05, 0.1) is 16.6 Å². The summed E-state index contributed by atoms with van der Waals surface area (Å²) in [6, 6.07) is 46.5. The first-order valence-corrected chi connectivity index (χ1v) is 26.4. The monoisotopic (exact) mass is 1050 g/mol. The summed E-state index contributed by atoms with van der Waals surface area (Å²) < 4.78 is 27.5. The minimum atomic E-state index is -1.87. The van der Waals surface area contributed by atoms with Crippen molar-refractivity contribution in [2.45, 2.75) is 54.6 Å². The van der Waals surface area contributed by atoms with E-state index in [0.717, 1.165) is 33.4 Å². The molecule has 3 unspecified atom stereocenters. The molecule has 1 saturated heterocycles. The number of aromatic nitrogens is 5. The van der Waals surface area contributed by atoms with Crippen molar-refractivity contribution in [2.75, 3.05) is 17.7 Å². The number of allylic oxidation sites excluding steroid dienone is 1. The minimum Gasteiger partial charge on any atom is -0.457 e. The number of amides is 2. The summed E-state index contributed by atoms with van der Waals surface area (Å²) in [7, 11) is -0.203. The standard InChI is InChI=1S/C54H49N9O8S3/c1-53(2,3)71-42(64)32-69-59-43(41-33-73-51(55-41)57-54(38-24-14-7-15-25-38,39-26-16-8-17-27-39)40-28-18-9-19-29-40)47(65)56-44-48(66)63-45(37(34-74(68)49(44)63)30-31-72-52-58-60-61-62(52)4)50(67)70-46(35-20-10-5-11-21-35)36-22-12-6-13-23-36/h5-31,33,44,46,49H,32,34H2,1-4H3,(H,55,57)(H,56,65). The highest BCUT2D eigenvalue weighted by atomic mass is 32.2. The molecule has 0 radical (unpaired) electrons. The van der Waals surface area contributed by atoms with Gasteiger partial charge < -0.3 is 24.9 Å². The molecule has 2 amide bonds. The highest BCUT2D eigenvalue weighted by Gasteiger charge is 2.57. The van der Waals surface area contributed by atoms with Crippen molar-refractivity contribution in [3.8, 4) is 0 Å². The van der Waals surface area contributed by atoms with Crippen LogP contribution in [0.15, 0.2) is 190 Å². The summed E-state index contributed by atoms with van der Waals surface area (Å²) in [6.07, 6.45) is 0.695. The van der Waals surface area contributed by atoms with Gasteiger partial charge in [0.15, 0.2) is 16.9 Å². The van der Waals surface area contributed by atoms with Gasteiger partial charge in [-0.05, 0) is 76.1 Å². The van der Waals surface area contributed by atoms with E-state index in [4.69, 9.17) is 19.3 Å². The van der Waals surface area contributed by atoms with Crippen molar-refractivity contribution in [1.82, 2.24) is 35.4 Å². The molecule has 74 heavy (non-hydrogen) atoms. The number of hydrogen-bond donors (Lipinski definition) is 2. The van der Waals surface area contributed by atoms with Gasteiger partial charge in [-0.25, -0.2) is 19.3 Å². The number of tetrazole rings is 1. The Labute approximate surface area is 437 Å². The van der Waals surface area contributed by atoms with Crippen molar-refractivity contribution in [1.29, 1.82) is 0 Å². The number of carbonyl (C=O) groups is 4. The second-order valence-corrected chi connectivity index (χ2v) is 21.1. The van der Waals surface area contributed by atoms with E-state index < -0.39 is 75.5 Å². The quantitative estimate of drug-likeness (QED) is 0.0214. The van der Waals surface area contributed by atoms with Gasteiger partial charge in [0.2, 0.25) is 11.8 Å². The molecule has 7 aromatic rings. The number of hydrogen-bond acceptors (Lipinski definition) is 16. The number of thiazole rings is 1. The number of anilines is 1. The van der Waals surface area contributed by atoms with E-state index in [0.29, 0.717) is 21.4 Å². The number of thioether (sulfide) groups is 1. The Morgan fingerprint density at radius 3 is 1.93 bits per heavy atom. The zero-order valence-electron chi connectivity index (χ0n) is 40.4. The molecule has 4 heterocycles. The zero-order valence-corrected chi connectivity index (χ0v) is 42.9. The fraction of sp³-hybridized carbons (Fsp3) is 0.204. The number of aryl methyl sites for hydroxylation is 1. The molecule has 2 aromatic heterocycles. The molecule has 0 saturated carbocycles. The highest BCUT2D eigenvalue weighted by Crippen LogP contribution is 2.42. The van der Waals surface area contributed by atoms with Crippen LogP contribution in [0.4, 0.5) is 5.13 Å². The average molecular weight is 1050 g/mol. The number of ether oxygens (including phenoxy) is 2. The number of fused-ring (bicyclic) bond motifs is 1. The molecule has 2 N–H and O–H groups in total. The number of benzene rings is 5. The van der Waals surface area contributed by atoms with Crippen molar-refractivity contribution in [2.24, 2.45) is 12.2 Å². The van der Waals surface area contributed by atoms with E-state index in [1.807, 2.05) is 152 Å². The lowest BCUT2D eigenvalue weighted by molar-refractivity contribution is -0.160. The Bertz CT molecular complexity index is 3120. The molecule has 0 bridgehead atoms. The molecule has 0 aliphatic carbocycles. The fourth-order valence-electron chi connectivity index (χ4n) is 8.48. The lowest BCUT2D eigenvalue weighted by Gasteiger charge is -2.49. The van der Waals surface area contributed by atoms with Gasteiger partial charge in [0.25, 0.3) is 11.8 Å². The maximum Gasteiger partial charge on any atom is 0.356 e. The Balaban J connectivity index is 1.04. The van der Waals surface area contributed by atoms with E-state index in [-0.39, 0.29) is 22.7 Å². The number of β-lactam (4-membered cyclic amide) rings is 1. The fourth-order valence-corrected chi connectivity index (χ4v) is 11.5. The van der Waals surface area contributed by atoms with Crippen LogP contribution in [-0.4, -0.2) is 93.1 Å². The average Bonchev–Trinajstić information content (AvgIpc) is 4.06. The van der Waals surface area contributed by atoms with Gasteiger partial charge in [-0.2, -0.15) is 0 Å². The number of oxime groups is 1. The molecule has 20 heteroatoms. The number of nitrogens with zero attached hydrogens (tertiary/aromatic N) is 7. The molecule has 9 rings (SSSR count). The molecule has 1 fully saturated rings. The number of nitrogens with one attached hydrogen (secondary N) is 2. The van der Waals surface area contributed by atoms with Crippen LogP contribution in [0.2, 0.25) is 0 Å². The second kappa shape index (κ2) is 22.4. The third-order valence-electron chi connectivity index (χ3n) is 11.7. The molecule has 376 valence electrons. The molecule has 3 atom stereocenters. The molecular weight excluding hydrogens is 999 g/mol. The Hall–Kier alpha value is -8.07. The molecule has 2 aliphatic heterocycles. The smallest absolute Gasteiger partial charge is 0.356 e. The summed E-state index contributed by atoms with van der Waals surface area (Å²) in [5, 5.41) is 24.9. The van der Waals surface area contributed by atoms with Gasteiger partial charge >= 0.3 is 11.9 Å². The first-order chi connectivity index (χ1) is 35.8. The van der Waals surface area contributed by atoms with Crippen molar-refractivity contribution in [3.63, 3.8) is 0 Å². The molecular formula is C54H49N9O8S3. The van der Waals surface area contributed by atoms with Crippen molar-refractivity contribution < 1.29 is 37.7 Å². The predicted octanol–water partition coefficient (Wildman–Crippen LogP) is 7.44. The summed E-state index contributed by atoms with van der Waals surface area (Å²) in [4.78, 5) is 68.1. The third-order valence-corrected chi connectivity index (χ3v) is 14.9. The zero-order chi connectivity index (χ0) is 51.8. The van der Waals surface area contributed by atoms with Crippen LogP contribution in [0.1, 0.15) is 60.4 Å². The first kappa shape index (κ1) is 50.9. The highest BCUT2D eigenvalue weighted by molar-refractivity contribution is 8.02. The number of rotatable bonds is 18. The van der Waals surface area contributed by atoms with E-state index in [9.17, 15) is 23.4 Å². The van der Waals surface area contributed by atoms with Crippen LogP contribution in [0, 0.1) is 0 Å². The van der Waals surface area contributed by atoms with Crippen LogP contribution in [-0.2, 0) is 56.9 Å². The van der Waals surface area contributed by atoms with Crippen LogP contribution in [0.25, 0.3) is 0 Å². The molecule has 0 spiro atoms. The Morgan fingerprint density at radius 2 is 1.41 bits per heavy atom.